The summed E-state index contributed by atoms with van der Waals surface area (Å²) in [5, 5.41) is 7.45. The fraction of sp³-hybridized carbons (Fsp3) is 0.400. The predicted molar refractivity (Wildman–Crippen MR) is 87.6 cm³/mol. The number of rotatable bonds is 7. The van der Waals surface area contributed by atoms with Crippen LogP contribution in [0.3, 0.4) is 0 Å². The van der Waals surface area contributed by atoms with Crippen molar-refractivity contribution in [2.75, 3.05) is 13.2 Å². The smallest absolute Gasteiger partial charge is 0.255 e. The van der Waals surface area contributed by atoms with Gasteiger partial charge in [0.25, 0.3) is 5.91 Å². The van der Waals surface area contributed by atoms with Crippen molar-refractivity contribution < 1.29 is 9.53 Å². The molecule has 1 aromatic heterocycles. The van der Waals surface area contributed by atoms with Gasteiger partial charge in [0.1, 0.15) is 24.5 Å². The van der Waals surface area contributed by atoms with Crippen molar-refractivity contribution in [3.8, 4) is 5.75 Å². The average molecular weight is 338 g/mol. The van der Waals surface area contributed by atoms with Crippen LogP contribution < -0.4 is 15.8 Å². The van der Waals surface area contributed by atoms with E-state index in [2.05, 4.69) is 15.4 Å². The topological polar surface area (TPSA) is 95.1 Å². The number of benzene rings is 1. The minimum absolute atomic E-state index is 0.294. The molecule has 7 nitrogen and oxygen atoms in total. The van der Waals surface area contributed by atoms with Crippen LogP contribution in [0, 0.1) is 0 Å². The van der Waals surface area contributed by atoms with Gasteiger partial charge in [-0.05, 0) is 32.0 Å². The van der Waals surface area contributed by atoms with Crippen LogP contribution in [0.4, 0.5) is 0 Å². The fourth-order valence-electron chi connectivity index (χ4n) is 2.17. The molecular formula is C15H20ClN5O2. The second-order valence-corrected chi connectivity index (χ2v) is 5.34. The summed E-state index contributed by atoms with van der Waals surface area (Å²) in [6.45, 7) is 5.17. The van der Waals surface area contributed by atoms with E-state index in [4.69, 9.17) is 22.1 Å². The minimum Gasteiger partial charge on any atom is -0.491 e. The van der Waals surface area contributed by atoms with Crippen LogP contribution in [0.25, 0.3) is 0 Å². The van der Waals surface area contributed by atoms with Gasteiger partial charge in [-0.3, -0.25) is 4.79 Å². The van der Waals surface area contributed by atoms with Gasteiger partial charge in [-0.2, -0.15) is 5.10 Å². The summed E-state index contributed by atoms with van der Waals surface area (Å²) in [6, 6.07) is 4.60. The van der Waals surface area contributed by atoms with Gasteiger partial charge in [-0.25, -0.2) is 9.67 Å². The predicted octanol–water partition coefficient (Wildman–Crippen LogP) is 1.78. The zero-order chi connectivity index (χ0) is 16.8. The number of nitrogens with one attached hydrogen (secondary N) is 1. The number of hydrogen-bond donors (Lipinski definition) is 2. The normalized spacial score (nSPS) is 12.0. The molecular weight excluding hydrogens is 318 g/mol. The molecule has 124 valence electrons. The van der Waals surface area contributed by atoms with E-state index in [1.54, 1.807) is 22.9 Å². The van der Waals surface area contributed by atoms with Gasteiger partial charge >= 0.3 is 0 Å². The first-order chi connectivity index (χ1) is 11.1. The molecule has 0 aliphatic rings. The molecule has 0 radical (unpaired) electrons. The Morgan fingerprint density at radius 1 is 1.52 bits per heavy atom. The standard InChI is InChI=1S/C15H20ClN5O2/c1-3-21-14(18-9-19-21)10(2)20-15(22)12-8-11(16)4-5-13(12)23-7-6-17/h4-5,8-10H,3,6-7,17H2,1-2H3,(H,20,22)/t10-/m0/s1. The van der Waals surface area contributed by atoms with Crippen LogP contribution in [0.2, 0.25) is 5.02 Å². The van der Waals surface area contributed by atoms with Crippen molar-refractivity contribution >= 4 is 17.5 Å². The number of aryl methyl sites for hydroxylation is 1. The molecule has 0 aliphatic heterocycles. The number of carbonyl (C=O) groups is 1. The summed E-state index contributed by atoms with van der Waals surface area (Å²) in [5.41, 5.74) is 5.80. The fourth-order valence-corrected chi connectivity index (χ4v) is 2.34. The van der Waals surface area contributed by atoms with E-state index >= 15 is 0 Å². The largest absolute Gasteiger partial charge is 0.491 e. The Hall–Kier alpha value is -2.12. The summed E-state index contributed by atoms with van der Waals surface area (Å²) < 4.78 is 7.23. The van der Waals surface area contributed by atoms with Crippen molar-refractivity contribution in [2.45, 2.75) is 26.4 Å². The van der Waals surface area contributed by atoms with E-state index in [1.807, 2.05) is 13.8 Å². The van der Waals surface area contributed by atoms with Crippen LogP contribution in [0.1, 0.15) is 36.1 Å². The van der Waals surface area contributed by atoms with Crippen molar-refractivity contribution in [1.29, 1.82) is 0 Å². The van der Waals surface area contributed by atoms with Crippen molar-refractivity contribution in [1.82, 2.24) is 20.1 Å². The molecule has 2 aromatic rings. The zero-order valence-corrected chi connectivity index (χ0v) is 13.9. The van der Waals surface area contributed by atoms with Crippen LogP contribution >= 0.6 is 11.6 Å². The number of hydrogen-bond acceptors (Lipinski definition) is 5. The Bertz CT molecular complexity index is 674. The van der Waals surface area contributed by atoms with Gasteiger partial charge in [0.15, 0.2) is 0 Å². The van der Waals surface area contributed by atoms with E-state index in [1.165, 1.54) is 6.33 Å². The lowest BCUT2D eigenvalue weighted by Crippen LogP contribution is -2.29. The highest BCUT2D eigenvalue weighted by atomic mass is 35.5. The van der Waals surface area contributed by atoms with E-state index in [0.29, 0.717) is 41.9 Å². The second kappa shape index (κ2) is 7.94. The van der Waals surface area contributed by atoms with Gasteiger partial charge in [-0.1, -0.05) is 11.6 Å². The van der Waals surface area contributed by atoms with Crippen LogP contribution in [-0.4, -0.2) is 33.8 Å². The summed E-state index contributed by atoms with van der Waals surface area (Å²) in [7, 11) is 0. The first kappa shape index (κ1) is 17.2. The van der Waals surface area contributed by atoms with Crippen molar-refractivity contribution in [3.63, 3.8) is 0 Å². The SMILES string of the molecule is CCn1ncnc1[C@H](C)NC(=O)c1cc(Cl)ccc1OCCN. The number of ether oxygens (including phenoxy) is 1. The molecule has 0 bridgehead atoms. The number of carbonyl (C=O) groups excluding carboxylic acids is 1. The molecule has 23 heavy (non-hydrogen) atoms. The monoisotopic (exact) mass is 337 g/mol. The Morgan fingerprint density at radius 3 is 3.00 bits per heavy atom. The molecule has 0 aliphatic carbocycles. The molecule has 0 saturated carbocycles. The Kier molecular flexibility index (Phi) is 5.95. The van der Waals surface area contributed by atoms with Gasteiger partial charge in [0.05, 0.1) is 11.6 Å². The first-order valence-corrected chi connectivity index (χ1v) is 7.75. The summed E-state index contributed by atoms with van der Waals surface area (Å²) >= 11 is 5.99. The maximum atomic E-state index is 12.5. The van der Waals surface area contributed by atoms with E-state index in [0.717, 1.165) is 0 Å². The lowest BCUT2D eigenvalue weighted by Gasteiger charge is -2.16. The van der Waals surface area contributed by atoms with E-state index in [9.17, 15) is 4.79 Å². The Balaban J connectivity index is 2.18. The van der Waals surface area contributed by atoms with Crippen molar-refractivity contribution in [2.24, 2.45) is 5.73 Å². The molecule has 0 fully saturated rings. The molecule has 1 amide bonds. The highest BCUT2D eigenvalue weighted by Gasteiger charge is 2.19. The lowest BCUT2D eigenvalue weighted by molar-refractivity contribution is 0.0933. The number of amides is 1. The molecule has 1 heterocycles. The summed E-state index contributed by atoms with van der Waals surface area (Å²) in [6.07, 6.45) is 1.47. The van der Waals surface area contributed by atoms with E-state index in [-0.39, 0.29) is 11.9 Å². The molecule has 0 saturated heterocycles. The average Bonchev–Trinajstić information content (AvgIpc) is 3.02. The van der Waals surface area contributed by atoms with Gasteiger partial charge in [-0.15, -0.1) is 0 Å². The molecule has 8 heteroatoms. The van der Waals surface area contributed by atoms with Crippen LogP contribution in [0.15, 0.2) is 24.5 Å². The molecule has 1 aromatic carbocycles. The minimum atomic E-state index is -0.300. The maximum Gasteiger partial charge on any atom is 0.255 e. The van der Waals surface area contributed by atoms with Crippen LogP contribution in [0.5, 0.6) is 5.75 Å². The van der Waals surface area contributed by atoms with Gasteiger partial charge in [0, 0.05) is 18.1 Å². The Labute approximate surface area is 139 Å². The van der Waals surface area contributed by atoms with Crippen LogP contribution in [-0.2, 0) is 6.54 Å². The molecule has 0 spiro atoms. The van der Waals surface area contributed by atoms with Gasteiger partial charge < -0.3 is 15.8 Å². The molecule has 0 unspecified atom stereocenters. The lowest BCUT2D eigenvalue weighted by atomic mass is 10.1. The third-order valence-electron chi connectivity index (χ3n) is 3.24. The highest BCUT2D eigenvalue weighted by molar-refractivity contribution is 6.31. The number of halogens is 1. The summed E-state index contributed by atoms with van der Waals surface area (Å²) in [4.78, 5) is 16.7. The zero-order valence-electron chi connectivity index (χ0n) is 13.1. The third-order valence-corrected chi connectivity index (χ3v) is 3.48. The number of nitrogens with zero attached hydrogens (tertiary/aromatic N) is 3. The first-order valence-electron chi connectivity index (χ1n) is 7.37. The second-order valence-electron chi connectivity index (χ2n) is 4.91. The number of nitrogens with two attached hydrogens (primary N) is 1. The molecule has 2 rings (SSSR count). The maximum absolute atomic E-state index is 12.5. The quantitative estimate of drug-likeness (QED) is 0.803. The van der Waals surface area contributed by atoms with E-state index < -0.39 is 0 Å². The molecule has 1 atom stereocenters. The highest BCUT2D eigenvalue weighted by Crippen LogP contribution is 2.23. The third kappa shape index (κ3) is 4.20. The van der Waals surface area contributed by atoms with Crippen molar-refractivity contribution in [3.05, 3.63) is 40.9 Å². The number of aromatic nitrogens is 3. The molecule has 3 N–H and O–H groups in total. The van der Waals surface area contributed by atoms with Gasteiger partial charge in [0.2, 0.25) is 0 Å². The summed E-state index contributed by atoms with van der Waals surface area (Å²) in [5.74, 6) is 0.839. The Morgan fingerprint density at radius 2 is 2.30 bits per heavy atom.